The summed E-state index contributed by atoms with van der Waals surface area (Å²) in [5, 5.41) is 13.3. The van der Waals surface area contributed by atoms with Gasteiger partial charge in [-0.2, -0.15) is 15.0 Å². The fourth-order valence-electron chi connectivity index (χ4n) is 2.15. The van der Waals surface area contributed by atoms with E-state index >= 15 is 0 Å². The number of rotatable bonds is 2. The lowest BCUT2D eigenvalue weighted by atomic mass is 10.0. The average Bonchev–Trinajstić information content (AvgIpc) is 2.78. The molecule has 0 N–H and O–H groups in total. The molecule has 23 heavy (non-hydrogen) atoms. The van der Waals surface area contributed by atoms with Crippen LogP contribution in [0.15, 0.2) is 24.3 Å². The highest BCUT2D eigenvalue weighted by atomic mass is 19.1. The smallest absolute Gasteiger partial charge is 0.435 e. The maximum absolute atomic E-state index is 13.4. The SMILES string of the molecule is Cc1cc(Cc2cc(F)ccc2C#N)n(C(=O)OC(C)(C)C)n1. The zero-order valence-electron chi connectivity index (χ0n) is 13.6. The van der Waals surface area contributed by atoms with Crippen LogP contribution in [0, 0.1) is 24.1 Å². The highest BCUT2D eigenvalue weighted by Crippen LogP contribution is 2.18. The summed E-state index contributed by atoms with van der Waals surface area (Å²) in [7, 11) is 0. The minimum Gasteiger partial charge on any atom is -0.442 e. The third-order valence-corrected chi connectivity index (χ3v) is 3.03. The van der Waals surface area contributed by atoms with Gasteiger partial charge in [-0.1, -0.05) is 0 Å². The van der Waals surface area contributed by atoms with E-state index < -0.39 is 17.5 Å². The van der Waals surface area contributed by atoms with E-state index in [4.69, 9.17) is 10.00 Å². The molecule has 6 heteroatoms. The van der Waals surface area contributed by atoms with Gasteiger partial charge in [0.1, 0.15) is 11.4 Å². The van der Waals surface area contributed by atoms with Crippen molar-refractivity contribution in [2.45, 2.75) is 39.7 Å². The second kappa shape index (κ2) is 6.21. The van der Waals surface area contributed by atoms with Crippen molar-refractivity contribution in [3.8, 4) is 6.07 Å². The van der Waals surface area contributed by atoms with E-state index in [9.17, 15) is 9.18 Å². The number of aryl methyl sites for hydroxylation is 1. The predicted octanol–water partition coefficient (Wildman–Crippen LogP) is 3.58. The van der Waals surface area contributed by atoms with Gasteiger partial charge in [-0.25, -0.2) is 9.18 Å². The summed E-state index contributed by atoms with van der Waals surface area (Å²) >= 11 is 0. The first-order valence-electron chi connectivity index (χ1n) is 7.17. The molecule has 0 saturated heterocycles. The number of carbonyl (C=O) groups is 1. The maximum atomic E-state index is 13.4. The molecule has 1 heterocycles. The molecule has 0 amide bonds. The van der Waals surface area contributed by atoms with Crippen molar-refractivity contribution in [3.05, 3.63) is 52.6 Å². The van der Waals surface area contributed by atoms with E-state index in [1.165, 1.54) is 18.2 Å². The Morgan fingerprint density at radius 3 is 2.70 bits per heavy atom. The van der Waals surface area contributed by atoms with Crippen molar-refractivity contribution < 1.29 is 13.9 Å². The van der Waals surface area contributed by atoms with Crippen LogP contribution in [-0.4, -0.2) is 21.5 Å². The van der Waals surface area contributed by atoms with Crippen molar-refractivity contribution in [1.29, 1.82) is 5.26 Å². The first kappa shape index (κ1) is 16.7. The van der Waals surface area contributed by atoms with Crippen LogP contribution in [0.4, 0.5) is 9.18 Å². The number of ether oxygens (including phenoxy) is 1. The van der Waals surface area contributed by atoms with Crippen molar-refractivity contribution in [3.63, 3.8) is 0 Å². The average molecular weight is 315 g/mol. The summed E-state index contributed by atoms with van der Waals surface area (Å²) in [5.74, 6) is -0.431. The first-order valence-corrected chi connectivity index (χ1v) is 7.17. The summed E-state index contributed by atoms with van der Waals surface area (Å²) in [5.41, 5.74) is 1.39. The van der Waals surface area contributed by atoms with Crippen LogP contribution in [0.2, 0.25) is 0 Å². The molecular weight excluding hydrogens is 297 g/mol. The number of carbonyl (C=O) groups excluding carboxylic acids is 1. The topological polar surface area (TPSA) is 67.9 Å². The van der Waals surface area contributed by atoms with Gasteiger partial charge in [0.25, 0.3) is 0 Å². The zero-order valence-corrected chi connectivity index (χ0v) is 13.6. The van der Waals surface area contributed by atoms with Crippen molar-refractivity contribution in [1.82, 2.24) is 9.78 Å². The number of nitrogens with zero attached hydrogens (tertiary/aromatic N) is 3. The van der Waals surface area contributed by atoms with Gasteiger partial charge in [0, 0.05) is 6.42 Å². The van der Waals surface area contributed by atoms with Crippen LogP contribution in [0.1, 0.15) is 43.3 Å². The number of benzene rings is 1. The molecule has 0 aliphatic rings. The van der Waals surface area contributed by atoms with Gasteiger partial charge in [-0.05, 0) is 57.5 Å². The quantitative estimate of drug-likeness (QED) is 0.849. The highest BCUT2D eigenvalue weighted by molar-refractivity contribution is 5.71. The summed E-state index contributed by atoms with van der Waals surface area (Å²) < 4.78 is 19.9. The number of hydrogen-bond acceptors (Lipinski definition) is 4. The van der Waals surface area contributed by atoms with Crippen LogP contribution in [0.5, 0.6) is 0 Å². The Kier molecular flexibility index (Phi) is 4.50. The molecule has 1 aromatic heterocycles. The third-order valence-electron chi connectivity index (χ3n) is 3.03. The van der Waals surface area contributed by atoms with Crippen LogP contribution < -0.4 is 0 Å². The van der Waals surface area contributed by atoms with Gasteiger partial charge in [0.15, 0.2) is 0 Å². The van der Waals surface area contributed by atoms with E-state index in [0.29, 0.717) is 22.5 Å². The molecule has 2 aromatic rings. The van der Waals surface area contributed by atoms with Crippen molar-refractivity contribution in [2.24, 2.45) is 0 Å². The van der Waals surface area contributed by atoms with E-state index in [1.807, 2.05) is 6.07 Å². The first-order chi connectivity index (χ1) is 10.7. The fourth-order valence-corrected chi connectivity index (χ4v) is 2.15. The molecule has 0 radical (unpaired) electrons. The summed E-state index contributed by atoms with van der Waals surface area (Å²) in [6.45, 7) is 7.05. The third kappa shape index (κ3) is 4.16. The maximum Gasteiger partial charge on any atom is 0.435 e. The van der Waals surface area contributed by atoms with E-state index in [-0.39, 0.29) is 6.42 Å². The lowest BCUT2D eigenvalue weighted by molar-refractivity contribution is 0.0509. The number of halogens is 1. The second-order valence-corrected chi connectivity index (χ2v) is 6.26. The summed E-state index contributed by atoms with van der Waals surface area (Å²) in [4.78, 5) is 12.2. The molecule has 0 atom stereocenters. The van der Waals surface area contributed by atoms with Gasteiger partial charge in [0.05, 0.1) is 23.0 Å². The van der Waals surface area contributed by atoms with Gasteiger partial charge in [-0.3, -0.25) is 0 Å². The Morgan fingerprint density at radius 1 is 1.39 bits per heavy atom. The molecule has 1 aromatic carbocycles. The largest absolute Gasteiger partial charge is 0.442 e. The van der Waals surface area contributed by atoms with E-state index in [2.05, 4.69) is 5.10 Å². The predicted molar refractivity (Wildman–Crippen MR) is 82.5 cm³/mol. The normalized spacial score (nSPS) is 11.1. The monoisotopic (exact) mass is 315 g/mol. The second-order valence-electron chi connectivity index (χ2n) is 6.26. The summed E-state index contributed by atoms with van der Waals surface area (Å²) in [6, 6.07) is 7.69. The van der Waals surface area contributed by atoms with Crippen LogP contribution in [0.25, 0.3) is 0 Å². The van der Waals surface area contributed by atoms with Gasteiger partial charge < -0.3 is 4.74 Å². The van der Waals surface area contributed by atoms with Gasteiger partial charge in [0.2, 0.25) is 0 Å². The number of aromatic nitrogens is 2. The highest BCUT2D eigenvalue weighted by Gasteiger charge is 2.21. The Hall–Kier alpha value is -2.68. The minimum absolute atomic E-state index is 0.209. The number of nitriles is 1. The lowest BCUT2D eigenvalue weighted by Gasteiger charge is -2.19. The summed E-state index contributed by atoms with van der Waals surface area (Å²) in [6.07, 6.45) is -0.392. The molecule has 0 fully saturated rings. The van der Waals surface area contributed by atoms with E-state index in [1.54, 1.807) is 33.8 Å². The molecule has 2 rings (SSSR count). The molecule has 5 nitrogen and oxygen atoms in total. The van der Waals surface area contributed by atoms with Crippen LogP contribution in [-0.2, 0) is 11.2 Å². The number of hydrogen-bond donors (Lipinski definition) is 0. The van der Waals surface area contributed by atoms with Crippen LogP contribution in [0.3, 0.4) is 0 Å². The van der Waals surface area contributed by atoms with Gasteiger partial charge in [-0.15, -0.1) is 0 Å². The Labute approximate surface area is 134 Å². The van der Waals surface area contributed by atoms with Crippen molar-refractivity contribution in [2.75, 3.05) is 0 Å². The molecule has 0 saturated carbocycles. The Balaban J connectivity index is 2.37. The molecule has 120 valence electrons. The van der Waals surface area contributed by atoms with Gasteiger partial charge >= 0.3 is 6.09 Å². The Bertz CT molecular complexity index is 782. The Morgan fingerprint density at radius 2 is 2.09 bits per heavy atom. The molecule has 0 unspecified atom stereocenters. The molecule has 0 aliphatic heterocycles. The molecular formula is C17H18FN3O2. The lowest BCUT2D eigenvalue weighted by Crippen LogP contribution is -2.28. The standard InChI is InChI=1S/C17H18FN3O2/c1-11-7-15(21(20-11)16(22)23-17(2,3)4)9-13-8-14(18)6-5-12(13)10-19/h5-8H,9H2,1-4H3. The van der Waals surface area contributed by atoms with Crippen LogP contribution >= 0.6 is 0 Å². The zero-order chi connectivity index (χ0) is 17.2. The van der Waals surface area contributed by atoms with E-state index in [0.717, 1.165) is 4.68 Å². The minimum atomic E-state index is -0.648. The molecule has 0 spiro atoms. The fraction of sp³-hybridized carbons (Fsp3) is 0.353. The molecule has 0 bridgehead atoms. The van der Waals surface area contributed by atoms with Crippen molar-refractivity contribution >= 4 is 6.09 Å². The molecule has 0 aliphatic carbocycles.